The summed E-state index contributed by atoms with van der Waals surface area (Å²) in [5, 5.41) is 0.0975. The first-order valence-corrected chi connectivity index (χ1v) is 3.90. The maximum absolute atomic E-state index is 12.9. The standard InChI is InChI=1S/C9H11FN2O/c1-7(13)12(10)9-4-2-8(6-11)3-5-9/h2-5H,6,11H2,1H3. The molecule has 0 fully saturated rings. The molecule has 0 atom stereocenters. The molecule has 1 amide bonds. The largest absolute Gasteiger partial charge is 0.326 e. The molecule has 0 aliphatic carbocycles. The van der Waals surface area contributed by atoms with E-state index in [1.54, 1.807) is 12.1 Å². The molecule has 0 aromatic heterocycles. The van der Waals surface area contributed by atoms with Gasteiger partial charge in [0, 0.05) is 13.5 Å². The molecule has 70 valence electrons. The number of hydrogen-bond donors (Lipinski definition) is 1. The van der Waals surface area contributed by atoms with Crippen molar-refractivity contribution in [3.05, 3.63) is 29.8 Å². The minimum atomic E-state index is -0.638. The molecule has 0 saturated heterocycles. The fraction of sp³-hybridized carbons (Fsp3) is 0.222. The summed E-state index contributed by atoms with van der Waals surface area (Å²) in [7, 11) is 0. The van der Waals surface area contributed by atoms with Crippen molar-refractivity contribution >= 4 is 11.6 Å². The van der Waals surface area contributed by atoms with E-state index < -0.39 is 5.91 Å². The van der Waals surface area contributed by atoms with Crippen LogP contribution in [0.15, 0.2) is 24.3 Å². The van der Waals surface area contributed by atoms with E-state index in [2.05, 4.69) is 0 Å². The van der Waals surface area contributed by atoms with Gasteiger partial charge in [-0.25, -0.2) is 0 Å². The summed E-state index contributed by atoms with van der Waals surface area (Å²) in [5.41, 5.74) is 6.49. The quantitative estimate of drug-likeness (QED) is 0.702. The summed E-state index contributed by atoms with van der Waals surface area (Å²) in [4.78, 5) is 10.6. The van der Waals surface area contributed by atoms with Crippen molar-refractivity contribution in [1.29, 1.82) is 0 Å². The predicted molar refractivity (Wildman–Crippen MR) is 48.6 cm³/mol. The third kappa shape index (κ3) is 2.26. The Labute approximate surface area is 75.9 Å². The number of rotatable bonds is 2. The highest BCUT2D eigenvalue weighted by molar-refractivity contribution is 5.89. The fourth-order valence-corrected chi connectivity index (χ4v) is 0.945. The number of nitrogens with two attached hydrogens (primary N) is 1. The summed E-state index contributed by atoms with van der Waals surface area (Å²) in [6.45, 7) is 1.57. The summed E-state index contributed by atoms with van der Waals surface area (Å²) in [6.07, 6.45) is 0. The van der Waals surface area contributed by atoms with Crippen LogP contribution in [0, 0.1) is 0 Å². The molecule has 0 aliphatic rings. The van der Waals surface area contributed by atoms with E-state index in [1.165, 1.54) is 12.1 Å². The third-order valence-corrected chi connectivity index (χ3v) is 1.68. The SMILES string of the molecule is CC(=O)N(F)c1ccc(CN)cc1. The van der Waals surface area contributed by atoms with Gasteiger partial charge in [0.15, 0.2) is 0 Å². The first kappa shape index (κ1) is 9.67. The molecule has 0 aliphatic heterocycles. The van der Waals surface area contributed by atoms with Gasteiger partial charge in [-0.05, 0) is 17.7 Å². The van der Waals surface area contributed by atoms with Crippen LogP contribution in [0.2, 0.25) is 0 Å². The second-order valence-electron chi connectivity index (χ2n) is 2.67. The molecule has 0 heterocycles. The number of carbonyl (C=O) groups is 1. The minimum Gasteiger partial charge on any atom is -0.326 e. The highest BCUT2D eigenvalue weighted by Gasteiger charge is 2.08. The van der Waals surface area contributed by atoms with Crippen LogP contribution in [0.1, 0.15) is 12.5 Å². The fourth-order valence-electron chi connectivity index (χ4n) is 0.945. The topological polar surface area (TPSA) is 46.3 Å². The van der Waals surface area contributed by atoms with E-state index in [1.807, 2.05) is 0 Å². The zero-order chi connectivity index (χ0) is 9.84. The Morgan fingerprint density at radius 3 is 2.38 bits per heavy atom. The van der Waals surface area contributed by atoms with Gasteiger partial charge in [0.2, 0.25) is 0 Å². The maximum atomic E-state index is 12.9. The lowest BCUT2D eigenvalue weighted by atomic mass is 10.2. The Kier molecular flexibility index (Phi) is 2.97. The monoisotopic (exact) mass is 182 g/mol. The normalized spacial score (nSPS) is 9.77. The molecule has 1 rings (SSSR count). The smallest absolute Gasteiger partial charge is 0.251 e. The second-order valence-corrected chi connectivity index (χ2v) is 2.67. The van der Waals surface area contributed by atoms with Crippen LogP contribution in [-0.4, -0.2) is 5.91 Å². The van der Waals surface area contributed by atoms with E-state index in [0.717, 1.165) is 12.5 Å². The van der Waals surface area contributed by atoms with Gasteiger partial charge in [-0.3, -0.25) is 4.79 Å². The van der Waals surface area contributed by atoms with Crippen molar-refractivity contribution in [2.45, 2.75) is 13.5 Å². The summed E-state index contributed by atoms with van der Waals surface area (Å²) >= 11 is 0. The molecule has 0 spiro atoms. The van der Waals surface area contributed by atoms with Gasteiger partial charge >= 0.3 is 0 Å². The molecular weight excluding hydrogens is 171 g/mol. The molecule has 1 aromatic rings. The van der Waals surface area contributed by atoms with Crippen LogP contribution in [0.25, 0.3) is 0 Å². The number of anilines is 1. The lowest BCUT2D eigenvalue weighted by Crippen LogP contribution is -2.17. The number of nitrogens with zero attached hydrogens (tertiary/aromatic N) is 1. The number of carbonyl (C=O) groups excluding carboxylic acids is 1. The van der Waals surface area contributed by atoms with Crippen LogP contribution in [0.4, 0.5) is 10.2 Å². The first-order valence-electron chi connectivity index (χ1n) is 3.90. The van der Waals surface area contributed by atoms with E-state index in [9.17, 15) is 9.28 Å². The van der Waals surface area contributed by atoms with E-state index in [-0.39, 0.29) is 10.8 Å². The molecule has 0 bridgehead atoms. The van der Waals surface area contributed by atoms with Crippen molar-refractivity contribution in [2.24, 2.45) is 5.73 Å². The van der Waals surface area contributed by atoms with Crippen LogP contribution >= 0.6 is 0 Å². The molecular formula is C9H11FN2O. The van der Waals surface area contributed by atoms with Crippen molar-refractivity contribution < 1.29 is 9.28 Å². The zero-order valence-corrected chi connectivity index (χ0v) is 7.33. The van der Waals surface area contributed by atoms with Gasteiger partial charge < -0.3 is 5.73 Å². The van der Waals surface area contributed by atoms with Gasteiger partial charge in [-0.15, -0.1) is 5.12 Å². The molecule has 0 unspecified atom stereocenters. The lowest BCUT2D eigenvalue weighted by Gasteiger charge is -2.09. The summed E-state index contributed by atoms with van der Waals surface area (Å²) in [5.74, 6) is -0.638. The van der Waals surface area contributed by atoms with E-state index in [0.29, 0.717) is 6.54 Å². The molecule has 13 heavy (non-hydrogen) atoms. The Hall–Kier alpha value is -1.42. The highest BCUT2D eigenvalue weighted by atomic mass is 19.2. The Morgan fingerprint density at radius 1 is 1.46 bits per heavy atom. The van der Waals surface area contributed by atoms with Crippen LogP contribution in [-0.2, 0) is 11.3 Å². The molecule has 3 nitrogen and oxygen atoms in total. The second kappa shape index (κ2) is 4.00. The minimum absolute atomic E-state index is 0.0975. The van der Waals surface area contributed by atoms with Gasteiger partial charge in [0.25, 0.3) is 5.91 Å². The van der Waals surface area contributed by atoms with Gasteiger partial charge in [0.05, 0.1) is 5.69 Å². The number of halogens is 1. The first-order chi connectivity index (χ1) is 6.15. The Balaban J connectivity index is 2.85. The van der Waals surface area contributed by atoms with Crippen LogP contribution in [0.5, 0.6) is 0 Å². The number of amides is 1. The average molecular weight is 182 g/mol. The van der Waals surface area contributed by atoms with Gasteiger partial charge in [-0.1, -0.05) is 16.6 Å². The van der Waals surface area contributed by atoms with Crippen molar-refractivity contribution in [1.82, 2.24) is 0 Å². The average Bonchev–Trinajstić information content (AvgIpc) is 2.17. The predicted octanol–water partition coefficient (Wildman–Crippen LogP) is 1.38. The molecule has 4 heteroatoms. The lowest BCUT2D eigenvalue weighted by molar-refractivity contribution is -0.119. The van der Waals surface area contributed by atoms with Crippen LogP contribution < -0.4 is 10.9 Å². The van der Waals surface area contributed by atoms with Gasteiger partial charge in [0.1, 0.15) is 0 Å². The number of hydrogen-bond acceptors (Lipinski definition) is 2. The molecule has 0 radical (unpaired) electrons. The summed E-state index contributed by atoms with van der Waals surface area (Å²) in [6, 6.07) is 6.41. The van der Waals surface area contributed by atoms with Gasteiger partial charge in [-0.2, -0.15) is 0 Å². The molecule has 0 saturated carbocycles. The third-order valence-electron chi connectivity index (χ3n) is 1.68. The maximum Gasteiger partial charge on any atom is 0.251 e. The van der Waals surface area contributed by atoms with Crippen molar-refractivity contribution in [2.75, 3.05) is 5.12 Å². The Bertz CT molecular complexity index is 297. The Morgan fingerprint density at radius 2 is 2.00 bits per heavy atom. The highest BCUT2D eigenvalue weighted by Crippen LogP contribution is 2.15. The van der Waals surface area contributed by atoms with E-state index >= 15 is 0 Å². The summed E-state index contributed by atoms with van der Waals surface area (Å²) < 4.78 is 12.9. The van der Waals surface area contributed by atoms with Crippen molar-refractivity contribution in [3.63, 3.8) is 0 Å². The van der Waals surface area contributed by atoms with Crippen LogP contribution in [0.3, 0.4) is 0 Å². The van der Waals surface area contributed by atoms with Crippen molar-refractivity contribution in [3.8, 4) is 0 Å². The molecule has 2 N–H and O–H groups in total. The van der Waals surface area contributed by atoms with E-state index in [4.69, 9.17) is 5.73 Å². The zero-order valence-electron chi connectivity index (χ0n) is 7.33. The number of benzene rings is 1. The molecule has 1 aromatic carbocycles.